The molecule has 0 saturated heterocycles. The summed E-state index contributed by atoms with van der Waals surface area (Å²) >= 11 is 0. The molecular formula is C13H17NO6. The SMILES string of the molecule is CCOC(=O)C1(C(=O)OCC)CC(=O)C=CN1C(C)=O. The lowest BCUT2D eigenvalue weighted by Gasteiger charge is -2.38. The lowest BCUT2D eigenvalue weighted by atomic mass is 9.88. The summed E-state index contributed by atoms with van der Waals surface area (Å²) in [6.45, 7) is 4.35. The summed E-state index contributed by atoms with van der Waals surface area (Å²) in [6.07, 6.45) is 1.76. The van der Waals surface area contributed by atoms with Crippen LogP contribution in [0.15, 0.2) is 12.3 Å². The molecule has 0 fully saturated rings. The fraction of sp³-hybridized carbons (Fsp3) is 0.538. The van der Waals surface area contributed by atoms with Crippen LogP contribution < -0.4 is 0 Å². The highest BCUT2D eigenvalue weighted by atomic mass is 16.6. The zero-order chi connectivity index (χ0) is 15.3. The van der Waals surface area contributed by atoms with Crippen LogP contribution in [0.1, 0.15) is 27.2 Å². The standard InChI is InChI=1S/C13H17NO6/c1-4-19-11(17)13(12(18)20-5-2)8-10(16)6-7-14(13)9(3)15/h6-7H,4-5,8H2,1-3H3. The first-order chi connectivity index (χ1) is 9.40. The van der Waals surface area contributed by atoms with Crippen molar-refractivity contribution in [3.63, 3.8) is 0 Å². The van der Waals surface area contributed by atoms with Gasteiger partial charge in [-0.1, -0.05) is 0 Å². The van der Waals surface area contributed by atoms with Crippen LogP contribution >= 0.6 is 0 Å². The third kappa shape index (κ3) is 2.71. The molecule has 0 aromatic rings. The van der Waals surface area contributed by atoms with E-state index in [1.807, 2.05) is 0 Å². The molecule has 0 N–H and O–H groups in total. The normalized spacial score (nSPS) is 16.8. The first-order valence-corrected chi connectivity index (χ1v) is 6.25. The molecule has 0 aromatic heterocycles. The van der Waals surface area contributed by atoms with E-state index in [1.54, 1.807) is 13.8 Å². The number of rotatable bonds is 4. The molecule has 1 aliphatic heterocycles. The van der Waals surface area contributed by atoms with Crippen molar-refractivity contribution in [2.75, 3.05) is 13.2 Å². The van der Waals surface area contributed by atoms with Gasteiger partial charge in [0.05, 0.1) is 19.6 Å². The van der Waals surface area contributed by atoms with Gasteiger partial charge in [0.2, 0.25) is 11.4 Å². The Balaban J connectivity index is 3.36. The monoisotopic (exact) mass is 283 g/mol. The second kappa shape index (κ2) is 6.31. The van der Waals surface area contributed by atoms with E-state index in [0.29, 0.717) is 0 Å². The highest BCUT2D eigenvalue weighted by molar-refractivity contribution is 6.13. The lowest BCUT2D eigenvalue weighted by molar-refractivity contribution is -0.178. The third-order valence-electron chi connectivity index (χ3n) is 2.82. The van der Waals surface area contributed by atoms with Gasteiger partial charge in [0.25, 0.3) is 0 Å². The van der Waals surface area contributed by atoms with E-state index in [4.69, 9.17) is 9.47 Å². The van der Waals surface area contributed by atoms with E-state index in [0.717, 1.165) is 17.2 Å². The summed E-state index contributed by atoms with van der Waals surface area (Å²) < 4.78 is 9.72. The first-order valence-electron chi connectivity index (χ1n) is 6.25. The molecule has 0 radical (unpaired) electrons. The van der Waals surface area contributed by atoms with Gasteiger partial charge in [-0.25, -0.2) is 9.59 Å². The van der Waals surface area contributed by atoms with Crippen LogP contribution in [0.2, 0.25) is 0 Å². The molecule has 1 heterocycles. The Morgan fingerprint density at radius 1 is 1.20 bits per heavy atom. The smallest absolute Gasteiger partial charge is 0.344 e. The van der Waals surface area contributed by atoms with Crippen LogP contribution in [0.5, 0.6) is 0 Å². The van der Waals surface area contributed by atoms with Crippen molar-refractivity contribution >= 4 is 23.6 Å². The van der Waals surface area contributed by atoms with Gasteiger partial charge in [0, 0.05) is 13.1 Å². The molecule has 7 heteroatoms. The number of esters is 2. The number of allylic oxidation sites excluding steroid dienone is 1. The summed E-state index contributed by atoms with van der Waals surface area (Å²) in [5, 5.41) is 0. The molecule has 0 spiro atoms. The van der Waals surface area contributed by atoms with Gasteiger partial charge in [-0.2, -0.15) is 0 Å². The molecule has 0 unspecified atom stereocenters. The first kappa shape index (κ1) is 15.9. The van der Waals surface area contributed by atoms with Crippen molar-refractivity contribution in [2.45, 2.75) is 32.7 Å². The highest BCUT2D eigenvalue weighted by Crippen LogP contribution is 2.29. The molecular weight excluding hydrogens is 266 g/mol. The van der Waals surface area contributed by atoms with Crippen molar-refractivity contribution in [3.05, 3.63) is 12.3 Å². The van der Waals surface area contributed by atoms with Crippen molar-refractivity contribution < 1.29 is 28.7 Å². The minimum Gasteiger partial charge on any atom is -0.464 e. The average Bonchev–Trinajstić information content (AvgIpc) is 2.38. The van der Waals surface area contributed by atoms with Gasteiger partial charge in [-0.05, 0) is 19.9 Å². The van der Waals surface area contributed by atoms with Crippen molar-refractivity contribution in [3.8, 4) is 0 Å². The average molecular weight is 283 g/mol. The van der Waals surface area contributed by atoms with Crippen LogP contribution in [0.3, 0.4) is 0 Å². The number of carbonyl (C=O) groups excluding carboxylic acids is 4. The van der Waals surface area contributed by atoms with E-state index >= 15 is 0 Å². The third-order valence-corrected chi connectivity index (χ3v) is 2.82. The van der Waals surface area contributed by atoms with Crippen molar-refractivity contribution in [2.24, 2.45) is 0 Å². The Kier molecular flexibility index (Phi) is 5.01. The Morgan fingerprint density at radius 2 is 1.70 bits per heavy atom. The number of ether oxygens (including phenoxy) is 2. The molecule has 1 aliphatic rings. The van der Waals surface area contributed by atoms with Gasteiger partial charge >= 0.3 is 11.9 Å². The number of hydrogen-bond acceptors (Lipinski definition) is 6. The van der Waals surface area contributed by atoms with Crippen LogP contribution in [0.4, 0.5) is 0 Å². The van der Waals surface area contributed by atoms with Gasteiger partial charge < -0.3 is 9.47 Å². The predicted octanol–water partition coefficient (Wildman–Crippen LogP) is 0.186. The summed E-state index contributed by atoms with van der Waals surface area (Å²) in [4.78, 5) is 48.6. The second-order valence-electron chi connectivity index (χ2n) is 4.15. The minimum atomic E-state index is -2.07. The molecule has 0 atom stereocenters. The van der Waals surface area contributed by atoms with Crippen LogP contribution in [-0.4, -0.2) is 47.3 Å². The molecule has 1 amide bonds. The number of nitrogens with zero attached hydrogens (tertiary/aromatic N) is 1. The molecule has 0 aliphatic carbocycles. The van der Waals surface area contributed by atoms with E-state index in [9.17, 15) is 19.2 Å². The zero-order valence-corrected chi connectivity index (χ0v) is 11.7. The summed E-state index contributed by atoms with van der Waals surface area (Å²) in [6, 6.07) is 0. The largest absolute Gasteiger partial charge is 0.464 e. The lowest BCUT2D eigenvalue weighted by Crippen LogP contribution is -2.63. The topological polar surface area (TPSA) is 90.0 Å². The van der Waals surface area contributed by atoms with E-state index < -0.39 is 35.6 Å². The van der Waals surface area contributed by atoms with Crippen LogP contribution in [0.25, 0.3) is 0 Å². The fourth-order valence-electron chi connectivity index (χ4n) is 1.98. The Bertz CT molecular complexity index is 449. The van der Waals surface area contributed by atoms with E-state index in [1.165, 1.54) is 6.92 Å². The van der Waals surface area contributed by atoms with Gasteiger partial charge in [0.15, 0.2) is 5.78 Å². The summed E-state index contributed by atoms with van der Waals surface area (Å²) in [7, 11) is 0. The highest BCUT2D eigenvalue weighted by Gasteiger charge is 2.57. The Morgan fingerprint density at radius 3 is 2.10 bits per heavy atom. The summed E-state index contributed by atoms with van der Waals surface area (Å²) in [5.41, 5.74) is -2.07. The molecule has 0 aromatic carbocycles. The number of amides is 1. The van der Waals surface area contributed by atoms with E-state index in [2.05, 4.69) is 0 Å². The van der Waals surface area contributed by atoms with Crippen molar-refractivity contribution in [1.82, 2.24) is 4.90 Å². The molecule has 20 heavy (non-hydrogen) atoms. The van der Waals surface area contributed by atoms with E-state index in [-0.39, 0.29) is 13.2 Å². The zero-order valence-electron chi connectivity index (χ0n) is 11.7. The Hall–Kier alpha value is -2.18. The predicted molar refractivity (Wildman–Crippen MR) is 67.3 cm³/mol. The number of hydrogen-bond donors (Lipinski definition) is 0. The molecule has 7 nitrogen and oxygen atoms in total. The second-order valence-corrected chi connectivity index (χ2v) is 4.15. The maximum Gasteiger partial charge on any atom is 0.344 e. The van der Waals surface area contributed by atoms with Gasteiger partial charge in [-0.15, -0.1) is 0 Å². The molecule has 1 rings (SSSR count). The number of carbonyl (C=O) groups is 4. The quantitative estimate of drug-likeness (QED) is 0.540. The summed E-state index contributed by atoms with van der Waals surface area (Å²) in [5.74, 6) is -2.95. The van der Waals surface area contributed by atoms with Crippen LogP contribution in [0, 0.1) is 0 Å². The molecule has 0 saturated carbocycles. The van der Waals surface area contributed by atoms with Gasteiger partial charge in [0.1, 0.15) is 0 Å². The maximum atomic E-state index is 12.2. The number of ketones is 1. The van der Waals surface area contributed by atoms with Crippen molar-refractivity contribution in [1.29, 1.82) is 0 Å². The fourth-order valence-corrected chi connectivity index (χ4v) is 1.98. The van der Waals surface area contributed by atoms with Gasteiger partial charge in [-0.3, -0.25) is 14.5 Å². The maximum absolute atomic E-state index is 12.2. The molecule has 0 bridgehead atoms. The molecule has 110 valence electrons. The van der Waals surface area contributed by atoms with Crippen LogP contribution in [-0.2, 0) is 28.7 Å². The minimum absolute atomic E-state index is 0.0175. The Labute approximate surface area is 116 Å².